The molecule has 2 saturated heterocycles. The molecule has 166 valence electrons. The molecule has 5 rings (SSSR count). The van der Waals surface area contributed by atoms with Gasteiger partial charge in [0.1, 0.15) is 0 Å². The van der Waals surface area contributed by atoms with Gasteiger partial charge < -0.3 is 9.42 Å². The lowest BCUT2D eigenvalue weighted by atomic mass is 9.89. The standard InChI is InChI=1S/C22H28N4O4S/c1-31(28,29)26-11-7-17(8-12-26)20-23-19(30-24-20)13-16-14-25(15-16)21(27)22(9-10-22)18-5-3-2-4-6-18/h2-6,16-17H,7-15H2,1H3. The minimum absolute atomic E-state index is 0.135. The number of hydrogen-bond acceptors (Lipinski definition) is 6. The quantitative estimate of drug-likeness (QED) is 0.676. The van der Waals surface area contributed by atoms with Crippen molar-refractivity contribution in [1.29, 1.82) is 0 Å². The van der Waals surface area contributed by atoms with Crippen LogP contribution in [0.4, 0.5) is 0 Å². The fourth-order valence-corrected chi connectivity index (χ4v) is 5.76. The Morgan fingerprint density at radius 3 is 2.45 bits per heavy atom. The topological polar surface area (TPSA) is 96.6 Å². The summed E-state index contributed by atoms with van der Waals surface area (Å²) in [5.41, 5.74) is 0.831. The van der Waals surface area contributed by atoms with E-state index in [9.17, 15) is 13.2 Å². The highest BCUT2D eigenvalue weighted by Crippen LogP contribution is 2.50. The zero-order chi connectivity index (χ0) is 21.6. The molecule has 8 nitrogen and oxygen atoms in total. The fraction of sp³-hybridized carbons (Fsp3) is 0.591. The molecule has 1 aromatic heterocycles. The lowest BCUT2D eigenvalue weighted by Gasteiger charge is -2.41. The van der Waals surface area contributed by atoms with Gasteiger partial charge in [-0.15, -0.1) is 0 Å². The summed E-state index contributed by atoms with van der Waals surface area (Å²) in [6, 6.07) is 10.1. The molecule has 3 heterocycles. The van der Waals surface area contributed by atoms with E-state index < -0.39 is 10.0 Å². The van der Waals surface area contributed by atoms with Gasteiger partial charge in [0.25, 0.3) is 0 Å². The molecule has 1 aromatic carbocycles. The van der Waals surface area contributed by atoms with Gasteiger partial charge in [0.2, 0.25) is 21.8 Å². The summed E-state index contributed by atoms with van der Waals surface area (Å²) in [7, 11) is -3.14. The van der Waals surface area contributed by atoms with E-state index in [4.69, 9.17) is 4.52 Å². The van der Waals surface area contributed by atoms with E-state index in [0.29, 0.717) is 50.0 Å². The van der Waals surface area contributed by atoms with Crippen LogP contribution in [0.1, 0.15) is 48.9 Å². The SMILES string of the molecule is CS(=O)(=O)N1CCC(c2noc(CC3CN(C(=O)C4(c5ccccc5)CC4)C3)n2)CC1. The van der Waals surface area contributed by atoms with E-state index in [1.54, 1.807) is 0 Å². The Morgan fingerprint density at radius 2 is 1.84 bits per heavy atom. The van der Waals surface area contributed by atoms with Crippen LogP contribution < -0.4 is 0 Å². The molecule has 1 amide bonds. The first-order chi connectivity index (χ1) is 14.8. The maximum absolute atomic E-state index is 13.0. The van der Waals surface area contributed by atoms with Crippen molar-refractivity contribution in [2.45, 2.75) is 43.4 Å². The summed E-state index contributed by atoms with van der Waals surface area (Å²) < 4.78 is 30.3. The Kier molecular flexibility index (Phi) is 5.13. The number of sulfonamides is 1. The summed E-state index contributed by atoms with van der Waals surface area (Å²) in [6.45, 7) is 2.46. The number of aromatic nitrogens is 2. The van der Waals surface area contributed by atoms with E-state index in [2.05, 4.69) is 22.3 Å². The van der Waals surface area contributed by atoms with E-state index in [1.807, 2.05) is 23.1 Å². The Hall–Kier alpha value is -2.26. The zero-order valence-electron chi connectivity index (χ0n) is 17.7. The number of amides is 1. The molecule has 0 atom stereocenters. The van der Waals surface area contributed by atoms with Crippen molar-refractivity contribution >= 4 is 15.9 Å². The van der Waals surface area contributed by atoms with Gasteiger partial charge >= 0.3 is 0 Å². The molecule has 0 spiro atoms. The normalized spacial score (nSPS) is 22.3. The molecule has 0 unspecified atom stereocenters. The highest BCUT2D eigenvalue weighted by atomic mass is 32.2. The lowest BCUT2D eigenvalue weighted by Crippen LogP contribution is -2.54. The second-order valence-electron chi connectivity index (χ2n) is 9.21. The molecule has 3 aliphatic rings. The van der Waals surface area contributed by atoms with E-state index in [1.165, 1.54) is 10.6 Å². The molecule has 9 heteroatoms. The number of carbonyl (C=O) groups is 1. The summed E-state index contributed by atoms with van der Waals surface area (Å²) in [6.07, 6.45) is 5.21. The van der Waals surface area contributed by atoms with E-state index in [-0.39, 0.29) is 17.2 Å². The number of likely N-dealkylation sites (tertiary alicyclic amines) is 1. The Labute approximate surface area is 182 Å². The van der Waals surface area contributed by atoms with Crippen molar-refractivity contribution in [1.82, 2.24) is 19.3 Å². The van der Waals surface area contributed by atoms with Crippen molar-refractivity contribution in [3.63, 3.8) is 0 Å². The number of nitrogens with zero attached hydrogens (tertiary/aromatic N) is 4. The molecular formula is C22H28N4O4S. The van der Waals surface area contributed by atoms with Crippen LogP contribution in [0.25, 0.3) is 0 Å². The Morgan fingerprint density at radius 1 is 1.16 bits per heavy atom. The third-order valence-electron chi connectivity index (χ3n) is 6.97. The first-order valence-electron chi connectivity index (χ1n) is 11.0. The second kappa shape index (κ2) is 7.70. The second-order valence-corrected chi connectivity index (χ2v) is 11.2. The number of rotatable bonds is 6. The van der Waals surface area contributed by atoms with Gasteiger partial charge in [-0.1, -0.05) is 35.5 Å². The van der Waals surface area contributed by atoms with Crippen molar-refractivity contribution in [3.05, 3.63) is 47.6 Å². The van der Waals surface area contributed by atoms with Gasteiger partial charge in [0, 0.05) is 44.4 Å². The Bertz CT molecular complexity index is 1050. The number of carbonyl (C=O) groups excluding carboxylic acids is 1. The van der Waals surface area contributed by atoms with Crippen LogP contribution in [0.15, 0.2) is 34.9 Å². The first-order valence-corrected chi connectivity index (χ1v) is 12.8. The fourth-order valence-electron chi connectivity index (χ4n) is 4.89. The molecule has 31 heavy (non-hydrogen) atoms. The molecular weight excluding hydrogens is 416 g/mol. The van der Waals surface area contributed by atoms with Crippen LogP contribution in [-0.2, 0) is 26.7 Å². The smallest absolute Gasteiger partial charge is 0.233 e. The minimum Gasteiger partial charge on any atom is -0.341 e. The average molecular weight is 445 g/mol. The van der Waals surface area contributed by atoms with E-state index >= 15 is 0 Å². The van der Waals surface area contributed by atoms with Crippen LogP contribution in [-0.4, -0.2) is 66.1 Å². The predicted octanol–water partition coefficient (Wildman–Crippen LogP) is 1.94. The van der Waals surface area contributed by atoms with Crippen LogP contribution in [0.3, 0.4) is 0 Å². The molecule has 0 N–H and O–H groups in total. The first kappa shape index (κ1) is 20.6. The van der Waals surface area contributed by atoms with Gasteiger partial charge in [0.05, 0.1) is 11.7 Å². The third kappa shape index (κ3) is 4.01. The van der Waals surface area contributed by atoms with Crippen molar-refractivity contribution in [2.75, 3.05) is 32.4 Å². The monoisotopic (exact) mass is 444 g/mol. The van der Waals surface area contributed by atoms with Crippen molar-refractivity contribution < 1.29 is 17.7 Å². The maximum Gasteiger partial charge on any atom is 0.233 e. The molecule has 1 saturated carbocycles. The number of hydrogen-bond donors (Lipinski definition) is 0. The van der Waals surface area contributed by atoms with Crippen molar-refractivity contribution in [3.8, 4) is 0 Å². The maximum atomic E-state index is 13.0. The number of piperidine rings is 1. The number of benzene rings is 1. The summed E-state index contributed by atoms with van der Waals surface area (Å²) in [4.78, 5) is 19.6. The van der Waals surface area contributed by atoms with Gasteiger partial charge in [-0.05, 0) is 31.2 Å². The van der Waals surface area contributed by atoms with Crippen LogP contribution in [0.2, 0.25) is 0 Å². The van der Waals surface area contributed by atoms with E-state index in [0.717, 1.165) is 31.5 Å². The van der Waals surface area contributed by atoms with Crippen molar-refractivity contribution in [2.24, 2.45) is 5.92 Å². The average Bonchev–Trinajstić information content (AvgIpc) is 3.42. The van der Waals surface area contributed by atoms with Gasteiger partial charge in [-0.2, -0.15) is 4.98 Å². The molecule has 2 aliphatic heterocycles. The largest absolute Gasteiger partial charge is 0.341 e. The highest BCUT2D eigenvalue weighted by molar-refractivity contribution is 7.88. The molecule has 0 radical (unpaired) electrons. The molecule has 3 fully saturated rings. The summed E-state index contributed by atoms with van der Waals surface area (Å²) in [5, 5.41) is 4.15. The van der Waals surface area contributed by atoms with Crippen LogP contribution in [0.5, 0.6) is 0 Å². The van der Waals surface area contributed by atoms with Gasteiger partial charge in [-0.3, -0.25) is 4.79 Å². The zero-order valence-corrected chi connectivity index (χ0v) is 18.6. The molecule has 2 aromatic rings. The molecule has 1 aliphatic carbocycles. The predicted molar refractivity (Wildman–Crippen MR) is 114 cm³/mol. The molecule has 0 bridgehead atoms. The highest BCUT2D eigenvalue weighted by Gasteiger charge is 2.54. The van der Waals surface area contributed by atoms with Gasteiger partial charge in [0.15, 0.2) is 5.82 Å². The third-order valence-corrected chi connectivity index (χ3v) is 8.27. The van der Waals surface area contributed by atoms with Gasteiger partial charge in [-0.25, -0.2) is 12.7 Å². The van der Waals surface area contributed by atoms with Crippen LogP contribution >= 0.6 is 0 Å². The Balaban J connectivity index is 1.13. The summed E-state index contributed by atoms with van der Waals surface area (Å²) >= 11 is 0. The van der Waals surface area contributed by atoms with Crippen LogP contribution in [0, 0.1) is 5.92 Å². The minimum atomic E-state index is -3.14. The lowest BCUT2D eigenvalue weighted by molar-refractivity contribution is -0.140. The summed E-state index contributed by atoms with van der Waals surface area (Å²) in [5.74, 6) is 2.02.